The molecule has 2 rings (SSSR count). The minimum Gasteiger partial charge on any atom is -0.544 e. The number of amides is 1. The van der Waals surface area contributed by atoms with Gasteiger partial charge in [0.25, 0.3) is 5.91 Å². The van der Waals surface area contributed by atoms with Crippen molar-refractivity contribution < 1.29 is 9.22 Å². The Morgan fingerprint density at radius 2 is 1.78 bits per heavy atom. The molecule has 124 valence electrons. The van der Waals surface area contributed by atoms with E-state index in [0.29, 0.717) is 4.88 Å². The summed E-state index contributed by atoms with van der Waals surface area (Å²) in [5.74, 6) is 0.747. The predicted molar refractivity (Wildman–Crippen MR) is 104 cm³/mol. The van der Waals surface area contributed by atoms with Gasteiger partial charge in [0.1, 0.15) is 10.6 Å². The number of anilines is 1. The van der Waals surface area contributed by atoms with Crippen LogP contribution in [0, 0.1) is 0 Å². The first-order valence-corrected chi connectivity index (χ1v) is 12.0. The highest BCUT2D eigenvalue weighted by Gasteiger charge is 2.38. The molecule has 0 saturated heterocycles. The van der Waals surface area contributed by atoms with Crippen molar-refractivity contribution in [3.63, 3.8) is 0 Å². The maximum Gasteiger partial charge on any atom is 0.266 e. The standard InChI is InChI=1S/C17H22BrNO2SSi/c1-17(2,3)23(4,5)21-13-8-6-12(7-9-13)19-16(20)15-14(18)10-11-22-15/h6-11H,1-5H3,(H,19,20). The number of thiophene rings is 1. The highest BCUT2D eigenvalue weighted by molar-refractivity contribution is 9.10. The molecule has 0 fully saturated rings. The maximum absolute atomic E-state index is 12.2. The van der Waals surface area contributed by atoms with Gasteiger partial charge in [-0.1, -0.05) is 20.8 Å². The average Bonchev–Trinajstić information content (AvgIpc) is 2.85. The van der Waals surface area contributed by atoms with Crippen molar-refractivity contribution in [1.82, 2.24) is 0 Å². The number of benzene rings is 1. The summed E-state index contributed by atoms with van der Waals surface area (Å²) < 4.78 is 7.06. The van der Waals surface area contributed by atoms with Crippen LogP contribution in [0.3, 0.4) is 0 Å². The van der Waals surface area contributed by atoms with Crippen LogP contribution in [0.1, 0.15) is 30.4 Å². The van der Waals surface area contributed by atoms with E-state index < -0.39 is 8.32 Å². The van der Waals surface area contributed by atoms with E-state index in [1.54, 1.807) is 0 Å². The zero-order chi connectivity index (χ0) is 17.3. The smallest absolute Gasteiger partial charge is 0.266 e. The van der Waals surface area contributed by atoms with Gasteiger partial charge in [-0.3, -0.25) is 4.79 Å². The Morgan fingerprint density at radius 1 is 1.17 bits per heavy atom. The number of hydrogen-bond acceptors (Lipinski definition) is 3. The Kier molecular flexibility index (Phi) is 5.38. The van der Waals surface area contributed by atoms with E-state index in [9.17, 15) is 4.79 Å². The van der Waals surface area contributed by atoms with Crippen molar-refractivity contribution in [2.75, 3.05) is 5.32 Å². The van der Waals surface area contributed by atoms with Gasteiger partial charge >= 0.3 is 0 Å². The van der Waals surface area contributed by atoms with Gasteiger partial charge in [0, 0.05) is 10.2 Å². The van der Waals surface area contributed by atoms with Gasteiger partial charge in [-0.15, -0.1) is 11.3 Å². The molecule has 3 nitrogen and oxygen atoms in total. The molecule has 1 aromatic heterocycles. The van der Waals surface area contributed by atoms with Crippen LogP contribution < -0.4 is 9.74 Å². The predicted octanol–water partition coefficient (Wildman–Crippen LogP) is 6.15. The second-order valence-corrected chi connectivity index (χ2v) is 13.4. The molecule has 6 heteroatoms. The molecule has 1 aromatic carbocycles. The zero-order valence-corrected chi connectivity index (χ0v) is 17.5. The van der Waals surface area contributed by atoms with E-state index >= 15 is 0 Å². The summed E-state index contributed by atoms with van der Waals surface area (Å²) in [6, 6.07) is 9.46. The lowest BCUT2D eigenvalue weighted by molar-refractivity contribution is 0.103. The summed E-state index contributed by atoms with van der Waals surface area (Å²) in [5, 5.41) is 4.94. The topological polar surface area (TPSA) is 38.3 Å². The van der Waals surface area contributed by atoms with Crippen molar-refractivity contribution in [1.29, 1.82) is 0 Å². The highest BCUT2D eigenvalue weighted by atomic mass is 79.9. The van der Waals surface area contributed by atoms with Crippen LogP contribution in [-0.4, -0.2) is 14.2 Å². The maximum atomic E-state index is 12.2. The molecule has 0 unspecified atom stereocenters. The third-order valence-corrected chi connectivity index (χ3v) is 10.3. The fraction of sp³-hybridized carbons (Fsp3) is 0.353. The summed E-state index contributed by atoms with van der Waals surface area (Å²) in [5.41, 5.74) is 0.762. The summed E-state index contributed by atoms with van der Waals surface area (Å²) in [6.45, 7) is 11.1. The van der Waals surface area contributed by atoms with E-state index in [-0.39, 0.29) is 10.9 Å². The first-order valence-electron chi connectivity index (χ1n) is 7.43. The summed E-state index contributed by atoms with van der Waals surface area (Å²) in [4.78, 5) is 12.9. The van der Waals surface area contributed by atoms with E-state index in [1.165, 1.54) is 11.3 Å². The highest BCUT2D eigenvalue weighted by Crippen LogP contribution is 2.37. The first kappa shape index (κ1) is 18.2. The van der Waals surface area contributed by atoms with Gasteiger partial charge in [-0.2, -0.15) is 0 Å². The minimum atomic E-state index is -1.84. The molecule has 0 aliphatic rings. The van der Waals surface area contributed by atoms with Crippen LogP contribution in [0.15, 0.2) is 40.2 Å². The van der Waals surface area contributed by atoms with Crippen molar-refractivity contribution in [2.45, 2.75) is 38.9 Å². The third kappa shape index (κ3) is 4.46. The van der Waals surface area contributed by atoms with Gasteiger partial charge in [0.05, 0.1) is 0 Å². The van der Waals surface area contributed by atoms with Crippen LogP contribution >= 0.6 is 27.3 Å². The lowest BCUT2D eigenvalue weighted by Gasteiger charge is -2.36. The van der Waals surface area contributed by atoms with Crippen LogP contribution in [-0.2, 0) is 0 Å². The number of carbonyl (C=O) groups is 1. The van der Waals surface area contributed by atoms with Crippen molar-refractivity contribution in [2.24, 2.45) is 0 Å². The largest absolute Gasteiger partial charge is 0.544 e. The van der Waals surface area contributed by atoms with Gasteiger partial charge in [0.15, 0.2) is 0 Å². The number of halogens is 1. The number of rotatable bonds is 4. The summed E-state index contributed by atoms with van der Waals surface area (Å²) in [6.07, 6.45) is 0. The molecule has 0 aliphatic carbocycles. The average molecular weight is 412 g/mol. The molecule has 1 N–H and O–H groups in total. The fourth-order valence-electron chi connectivity index (χ4n) is 1.70. The van der Waals surface area contributed by atoms with Gasteiger partial charge in [0.2, 0.25) is 8.32 Å². The van der Waals surface area contributed by atoms with Crippen molar-refractivity contribution >= 4 is 47.2 Å². The van der Waals surface area contributed by atoms with Crippen LogP contribution in [0.4, 0.5) is 5.69 Å². The summed E-state index contributed by atoms with van der Waals surface area (Å²) >= 11 is 4.79. The Labute approximate surface area is 151 Å². The molecular weight excluding hydrogens is 390 g/mol. The van der Waals surface area contributed by atoms with Crippen molar-refractivity contribution in [3.8, 4) is 5.75 Å². The molecule has 0 aliphatic heterocycles. The lowest BCUT2D eigenvalue weighted by Crippen LogP contribution is -2.43. The second kappa shape index (κ2) is 6.79. The van der Waals surface area contributed by atoms with Crippen molar-refractivity contribution in [3.05, 3.63) is 45.1 Å². The molecule has 0 saturated carbocycles. The van der Waals surface area contributed by atoms with E-state index in [1.807, 2.05) is 35.7 Å². The normalized spacial score (nSPS) is 12.1. The van der Waals surface area contributed by atoms with Crippen LogP contribution in [0.5, 0.6) is 5.75 Å². The molecule has 0 spiro atoms. The quantitative estimate of drug-likeness (QED) is 0.612. The monoisotopic (exact) mass is 411 g/mol. The second-order valence-electron chi connectivity index (χ2n) is 6.94. The molecule has 0 radical (unpaired) electrons. The molecule has 1 heterocycles. The zero-order valence-electron chi connectivity index (χ0n) is 14.1. The SMILES string of the molecule is CC(C)(C)[Si](C)(C)Oc1ccc(NC(=O)c2sccc2Br)cc1. The van der Waals surface area contributed by atoms with E-state index in [0.717, 1.165) is 15.9 Å². The van der Waals surface area contributed by atoms with Crippen LogP contribution in [0.25, 0.3) is 0 Å². The molecule has 1 amide bonds. The number of carbonyl (C=O) groups excluding carboxylic acids is 1. The molecular formula is C17H22BrNO2SSi. The van der Waals surface area contributed by atoms with E-state index in [2.05, 4.69) is 55.1 Å². The molecule has 23 heavy (non-hydrogen) atoms. The lowest BCUT2D eigenvalue weighted by atomic mass is 10.2. The van der Waals surface area contributed by atoms with Gasteiger partial charge in [-0.05, 0) is 69.8 Å². The van der Waals surface area contributed by atoms with Crippen LogP contribution in [0.2, 0.25) is 18.1 Å². The van der Waals surface area contributed by atoms with E-state index in [4.69, 9.17) is 4.43 Å². The first-order chi connectivity index (χ1) is 10.6. The third-order valence-electron chi connectivity index (χ3n) is 4.11. The summed E-state index contributed by atoms with van der Waals surface area (Å²) in [7, 11) is -1.84. The minimum absolute atomic E-state index is 0.107. The Hall–Kier alpha value is -1.11. The Bertz CT molecular complexity index is 689. The number of hydrogen-bond donors (Lipinski definition) is 1. The molecule has 2 aromatic rings. The van der Waals surface area contributed by atoms with Gasteiger partial charge in [-0.25, -0.2) is 0 Å². The fourth-order valence-corrected chi connectivity index (χ4v) is 4.18. The van der Waals surface area contributed by atoms with Gasteiger partial charge < -0.3 is 9.74 Å². The number of nitrogens with one attached hydrogen (secondary N) is 1. The Balaban J connectivity index is 2.06. The molecule has 0 bridgehead atoms. The Morgan fingerprint density at radius 3 is 2.26 bits per heavy atom. The molecule has 0 atom stereocenters.